The highest BCUT2D eigenvalue weighted by molar-refractivity contribution is 5.70. The largest absolute Gasteiger partial charge is 0.405 e. The van der Waals surface area contributed by atoms with Crippen LogP contribution in [-0.2, 0) is 0 Å². The summed E-state index contributed by atoms with van der Waals surface area (Å²) < 4.78 is 0. The van der Waals surface area contributed by atoms with Crippen LogP contribution < -0.4 is 4.84 Å². The van der Waals surface area contributed by atoms with Crippen LogP contribution in [-0.4, -0.2) is 18.2 Å². The normalized spacial score (nSPS) is 16.1. The minimum atomic E-state index is 0.970. The van der Waals surface area contributed by atoms with E-state index in [1.165, 1.54) is 36.0 Å². The van der Waals surface area contributed by atoms with Crippen LogP contribution in [0, 0.1) is 6.92 Å². The van der Waals surface area contributed by atoms with Gasteiger partial charge in [0.25, 0.3) is 0 Å². The second-order valence-corrected chi connectivity index (χ2v) is 5.45. The van der Waals surface area contributed by atoms with Gasteiger partial charge in [-0.1, -0.05) is 48.9 Å². The molecule has 1 saturated heterocycles. The van der Waals surface area contributed by atoms with Crippen molar-refractivity contribution in [2.75, 3.05) is 13.1 Å². The van der Waals surface area contributed by atoms with Crippen LogP contribution in [0.5, 0.6) is 5.75 Å². The minimum Gasteiger partial charge on any atom is -0.405 e. The molecule has 0 spiro atoms. The van der Waals surface area contributed by atoms with Gasteiger partial charge < -0.3 is 4.84 Å². The number of aryl methyl sites for hydroxylation is 1. The van der Waals surface area contributed by atoms with E-state index in [1.807, 2.05) is 6.07 Å². The minimum absolute atomic E-state index is 0.970. The fourth-order valence-electron chi connectivity index (χ4n) is 2.66. The Balaban J connectivity index is 1.90. The van der Waals surface area contributed by atoms with Gasteiger partial charge in [-0.3, -0.25) is 0 Å². The number of rotatable bonds is 3. The zero-order valence-electron chi connectivity index (χ0n) is 12.0. The maximum Gasteiger partial charge on any atom is 0.155 e. The topological polar surface area (TPSA) is 12.5 Å². The number of hydroxylamine groups is 2. The molecule has 2 nitrogen and oxygen atoms in total. The fourth-order valence-corrected chi connectivity index (χ4v) is 2.66. The Bertz CT molecular complexity index is 559. The Morgan fingerprint density at radius 3 is 2.40 bits per heavy atom. The van der Waals surface area contributed by atoms with Crippen molar-refractivity contribution in [1.29, 1.82) is 0 Å². The van der Waals surface area contributed by atoms with E-state index in [1.54, 1.807) is 0 Å². The number of benzene rings is 2. The third kappa shape index (κ3) is 3.02. The van der Waals surface area contributed by atoms with E-state index in [9.17, 15) is 0 Å². The maximum atomic E-state index is 6.16. The average Bonchev–Trinajstić information content (AvgIpc) is 2.49. The molecule has 1 heterocycles. The molecule has 0 bridgehead atoms. The molecule has 0 radical (unpaired) electrons. The fraction of sp³-hybridized carbons (Fsp3) is 0.333. The van der Waals surface area contributed by atoms with Crippen molar-refractivity contribution in [1.82, 2.24) is 5.06 Å². The lowest BCUT2D eigenvalue weighted by Crippen LogP contribution is -2.33. The molecule has 2 aromatic carbocycles. The number of piperidine rings is 1. The van der Waals surface area contributed by atoms with Gasteiger partial charge in [-0.2, -0.15) is 0 Å². The molecule has 20 heavy (non-hydrogen) atoms. The second kappa shape index (κ2) is 6.10. The first kappa shape index (κ1) is 13.2. The standard InChI is InChI=1S/C18H21NO/c1-15-10-11-17(16-8-4-2-5-9-16)18(14-15)20-19-12-6-3-7-13-19/h2,4-5,8-11,14H,3,6-7,12-13H2,1H3. The van der Waals surface area contributed by atoms with Crippen molar-refractivity contribution in [3.05, 3.63) is 54.1 Å². The summed E-state index contributed by atoms with van der Waals surface area (Å²) in [4.78, 5) is 6.16. The third-order valence-corrected chi connectivity index (χ3v) is 3.76. The van der Waals surface area contributed by atoms with Crippen molar-refractivity contribution in [2.24, 2.45) is 0 Å². The maximum absolute atomic E-state index is 6.16. The highest BCUT2D eigenvalue weighted by Crippen LogP contribution is 2.31. The first-order valence-electron chi connectivity index (χ1n) is 7.42. The molecular weight excluding hydrogens is 246 g/mol. The van der Waals surface area contributed by atoms with Crippen LogP contribution >= 0.6 is 0 Å². The van der Waals surface area contributed by atoms with Gasteiger partial charge in [0.15, 0.2) is 5.75 Å². The monoisotopic (exact) mass is 267 g/mol. The average molecular weight is 267 g/mol. The lowest BCUT2D eigenvalue weighted by atomic mass is 10.0. The molecule has 1 aliphatic heterocycles. The van der Waals surface area contributed by atoms with Crippen molar-refractivity contribution in [3.8, 4) is 16.9 Å². The third-order valence-electron chi connectivity index (χ3n) is 3.76. The van der Waals surface area contributed by atoms with Gasteiger partial charge in [0, 0.05) is 18.7 Å². The lowest BCUT2D eigenvalue weighted by molar-refractivity contribution is -0.0715. The molecule has 2 aromatic rings. The van der Waals surface area contributed by atoms with Crippen molar-refractivity contribution in [2.45, 2.75) is 26.2 Å². The highest BCUT2D eigenvalue weighted by Gasteiger charge is 2.14. The molecule has 3 rings (SSSR count). The summed E-state index contributed by atoms with van der Waals surface area (Å²) in [6.07, 6.45) is 3.78. The van der Waals surface area contributed by atoms with E-state index in [0.29, 0.717) is 0 Å². The van der Waals surface area contributed by atoms with E-state index in [-0.39, 0.29) is 0 Å². The summed E-state index contributed by atoms with van der Waals surface area (Å²) >= 11 is 0. The first-order valence-corrected chi connectivity index (χ1v) is 7.42. The van der Waals surface area contributed by atoms with Gasteiger partial charge in [0.05, 0.1) is 0 Å². The van der Waals surface area contributed by atoms with Crippen LogP contribution in [0.1, 0.15) is 24.8 Å². The summed E-state index contributed by atoms with van der Waals surface area (Å²) in [5, 5.41) is 2.10. The number of hydrogen-bond donors (Lipinski definition) is 0. The number of hydrogen-bond acceptors (Lipinski definition) is 2. The Morgan fingerprint density at radius 1 is 0.900 bits per heavy atom. The van der Waals surface area contributed by atoms with Crippen LogP contribution in [0.15, 0.2) is 48.5 Å². The zero-order valence-corrected chi connectivity index (χ0v) is 12.0. The highest BCUT2D eigenvalue weighted by atomic mass is 16.7. The zero-order chi connectivity index (χ0) is 13.8. The smallest absolute Gasteiger partial charge is 0.155 e. The van der Waals surface area contributed by atoms with Crippen LogP contribution in [0.3, 0.4) is 0 Å². The summed E-state index contributed by atoms with van der Waals surface area (Å²) in [5.41, 5.74) is 3.61. The molecule has 0 amide bonds. The molecular formula is C18H21NO. The van der Waals surface area contributed by atoms with Gasteiger partial charge in [-0.25, -0.2) is 0 Å². The Kier molecular flexibility index (Phi) is 4.03. The van der Waals surface area contributed by atoms with E-state index < -0.39 is 0 Å². The van der Waals surface area contributed by atoms with Gasteiger partial charge in [-0.05, 0) is 37.0 Å². The molecule has 0 saturated carbocycles. The van der Waals surface area contributed by atoms with Crippen LogP contribution in [0.4, 0.5) is 0 Å². The summed E-state index contributed by atoms with van der Waals surface area (Å²) in [7, 11) is 0. The Morgan fingerprint density at radius 2 is 1.65 bits per heavy atom. The SMILES string of the molecule is Cc1ccc(-c2ccccc2)c(ON2CCCCC2)c1. The van der Waals surface area contributed by atoms with Crippen molar-refractivity contribution in [3.63, 3.8) is 0 Å². The molecule has 0 aliphatic carbocycles. The molecule has 2 heteroatoms. The summed E-state index contributed by atoms with van der Waals surface area (Å²) in [5.74, 6) is 0.970. The van der Waals surface area contributed by atoms with Crippen molar-refractivity contribution >= 4 is 0 Å². The molecule has 104 valence electrons. The van der Waals surface area contributed by atoms with E-state index in [4.69, 9.17) is 4.84 Å². The van der Waals surface area contributed by atoms with Crippen LogP contribution in [0.25, 0.3) is 11.1 Å². The Hall–Kier alpha value is -1.80. The molecule has 0 N–H and O–H groups in total. The Labute approximate surface area is 120 Å². The van der Waals surface area contributed by atoms with E-state index >= 15 is 0 Å². The molecule has 1 fully saturated rings. The van der Waals surface area contributed by atoms with E-state index in [0.717, 1.165) is 18.8 Å². The van der Waals surface area contributed by atoms with Gasteiger partial charge in [0.1, 0.15) is 0 Å². The molecule has 1 aliphatic rings. The lowest BCUT2D eigenvalue weighted by Gasteiger charge is -2.27. The van der Waals surface area contributed by atoms with Gasteiger partial charge >= 0.3 is 0 Å². The predicted molar refractivity (Wildman–Crippen MR) is 82.7 cm³/mol. The molecule has 0 aromatic heterocycles. The van der Waals surface area contributed by atoms with E-state index in [2.05, 4.69) is 54.5 Å². The molecule has 0 atom stereocenters. The first-order chi connectivity index (χ1) is 9.83. The van der Waals surface area contributed by atoms with Gasteiger partial charge in [0.2, 0.25) is 0 Å². The summed E-state index contributed by atoms with van der Waals surface area (Å²) in [6, 6.07) is 16.9. The second-order valence-electron chi connectivity index (χ2n) is 5.45. The summed E-state index contributed by atoms with van der Waals surface area (Å²) in [6.45, 7) is 4.17. The van der Waals surface area contributed by atoms with Crippen molar-refractivity contribution < 1.29 is 4.84 Å². The quantitative estimate of drug-likeness (QED) is 0.815. The van der Waals surface area contributed by atoms with Crippen LogP contribution in [0.2, 0.25) is 0 Å². The number of nitrogens with zero attached hydrogens (tertiary/aromatic N) is 1. The molecule has 0 unspecified atom stereocenters. The predicted octanol–water partition coefficient (Wildman–Crippen LogP) is 4.44. The van der Waals surface area contributed by atoms with Gasteiger partial charge in [-0.15, -0.1) is 5.06 Å².